The van der Waals surface area contributed by atoms with Crippen LogP contribution in [-0.2, 0) is 0 Å². The molecule has 0 saturated heterocycles. The van der Waals surface area contributed by atoms with Gasteiger partial charge in [-0.3, -0.25) is 14.9 Å². The highest BCUT2D eigenvalue weighted by Gasteiger charge is 2.13. The van der Waals surface area contributed by atoms with Gasteiger partial charge in [0.15, 0.2) is 5.75 Å². The lowest BCUT2D eigenvalue weighted by Crippen LogP contribution is -2.17. The van der Waals surface area contributed by atoms with Crippen molar-refractivity contribution in [3.63, 3.8) is 0 Å². The molecule has 2 rings (SSSR count). The Morgan fingerprint density at radius 2 is 2.24 bits per heavy atom. The number of hydrogen-bond acceptors (Lipinski definition) is 6. The maximum Gasteiger partial charge on any atom is 0.311 e. The number of carbonyl (C=O) groups is 1. The van der Waals surface area contributed by atoms with Crippen molar-refractivity contribution < 1.29 is 19.2 Å². The van der Waals surface area contributed by atoms with Crippen LogP contribution >= 0.6 is 0 Å². The van der Waals surface area contributed by atoms with Gasteiger partial charge < -0.3 is 9.52 Å². The summed E-state index contributed by atoms with van der Waals surface area (Å²) in [6.45, 7) is 1.64. The van der Waals surface area contributed by atoms with Crippen molar-refractivity contribution in [1.29, 1.82) is 0 Å². The molecule has 0 aliphatic rings. The molecule has 108 valence electrons. The third-order valence-electron chi connectivity index (χ3n) is 2.68. The summed E-state index contributed by atoms with van der Waals surface area (Å²) in [5.41, 5.74) is 2.56. The van der Waals surface area contributed by atoms with E-state index in [1.807, 2.05) is 0 Å². The van der Waals surface area contributed by atoms with Crippen LogP contribution in [0.5, 0.6) is 5.75 Å². The van der Waals surface area contributed by atoms with E-state index in [2.05, 4.69) is 10.5 Å². The van der Waals surface area contributed by atoms with Gasteiger partial charge in [0, 0.05) is 11.6 Å². The first kappa shape index (κ1) is 14.3. The topological polar surface area (TPSA) is 118 Å². The number of amides is 1. The van der Waals surface area contributed by atoms with Crippen LogP contribution < -0.4 is 5.43 Å². The van der Waals surface area contributed by atoms with Crippen molar-refractivity contribution in [2.24, 2.45) is 5.10 Å². The summed E-state index contributed by atoms with van der Waals surface area (Å²) >= 11 is 0. The van der Waals surface area contributed by atoms with E-state index in [1.165, 1.54) is 30.7 Å². The Hall–Kier alpha value is -3.16. The second-order valence-corrected chi connectivity index (χ2v) is 4.09. The summed E-state index contributed by atoms with van der Waals surface area (Å²) in [5.74, 6) is -0.427. The van der Waals surface area contributed by atoms with E-state index in [1.54, 1.807) is 6.92 Å². The molecular formula is C13H11N3O5. The number of nitro groups is 1. The van der Waals surface area contributed by atoms with Gasteiger partial charge in [0.25, 0.3) is 5.91 Å². The minimum Gasteiger partial charge on any atom is -0.502 e. The average molecular weight is 289 g/mol. The summed E-state index contributed by atoms with van der Waals surface area (Å²) in [5, 5.41) is 23.7. The molecule has 0 aliphatic heterocycles. The Kier molecular flexibility index (Phi) is 3.98. The highest BCUT2D eigenvalue weighted by molar-refractivity contribution is 5.95. The lowest BCUT2D eigenvalue weighted by Gasteiger charge is -1.99. The smallest absolute Gasteiger partial charge is 0.311 e. The lowest BCUT2D eigenvalue weighted by molar-refractivity contribution is -0.385. The van der Waals surface area contributed by atoms with Crippen molar-refractivity contribution in [3.05, 3.63) is 57.5 Å². The fourth-order valence-electron chi connectivity index (χ4n) is 1.61. The zero-order valence-corrected chi connectivity index (χ0v) is 10.9. The number of aromatic hydroxyl groups is 1. The van der Waals surface area contributed by atoms with E-state index in [0.29, 0.717) is 16.9 Å². The van der Waals surface area contributed by atoms with Gasteiger partial charge in [-0.15, -0.1) is 0 Å². The van der Waals surface area contributed by atoms with Gasteiger partial charge in [-0.1, -0.05) is 0 Å². The van der Waals surface area contributed by atoms with Gasteiger partial charge in [0.05, 0.1) is 23.0 Å². The van der Waals surface area contributed by atoms with Crippen LogP contribution in [0.1, 0.15) is 21.7 Å². The second kappa shape index (κ2) is 5.87. The molecule has 2 N–H and O–H groups in total. The van der Waals surface area contributed by atoms with Crippen LogP contribution in [0, 0.1) is 17.0 Å². The van der Waals surface area contributed by atoms with Crippen molar-refractivity contribution in [2.45, 2.75) is 6.92 Å². The van der Waals surface area contributed by atoms with Crippen molar-refractivity contribution in [3.8, 4) is 5.75 Å². The van der Waals surface area contributed by atoms with Crippen LogP contribution in [0.3, 0.4) is 0 Å². The SMILES string of the molecule is Cc1occc1C(=O)N/N=C\c1ccc(O)c([N+](=O)[O-])c1. The number of nitrogens with one attached hydrogen (secondary N) is 1. The van der Waals surface area contributed by atoms with Crippen LogP contribution in [0.15, 0.2) is 40.0 Å². The summed E-state index contributed by atoms with van der Waals surface area (Å²) in [6.07, 6.45) is 2.62. The zero-order chi connectivity index (χ0) is 15.4. The summed E-state index contributed by atoms with van der Waals surface area (Å²) in [4.78, 5) is 21.7. The molecule has 8 heteroatoms. The molecule has 0 aliphatic carbocycles. The maximum atomic E-state index is 11.7. The normalized spacial score (nSPS) is 10.7. The van der Waals surface area contributed by atoms with Gasteiger partial charge in [-0.05, 0) is 25.1 Å². The Balaban J connectivity index is 2.08. The first-order valence-electron chi connectivity index (χ1n) is 5.84. The van der Waals surface area contributed by atoms with Crippen molar-refractivity contribution in [2.75, 3.05) is 0 Å². The minimum atomic E-state index is -0.708. The molecular weight excluding hydrogens is 278 g/mol. The van der Waals surface area contributed by atoms with E-state index in [9.17, 15) is 20.0 Å². The molecule has 2 aromatic rings. The first-order chi connectivity index (χ1) is 9.99. The molecule has 1 aromatic carbocycles. The van der Waals surface area contributed by atoms with Crippen LogP contribution in [0.4, 0.5) is 5.69 Å². The summed E-state index contributed by atoms with van der Waals surface area (Å²) in [7, 11) is 0. The van der Waals surface area contributed by atoms with E-state index in [0.717, 1.165) is 6.07 Å². The molecule has 0 saturated carbocycles. The second-order valence-electron chi connectivity index (χ2n) is 4.09. The third-order valence-corrected chi connectivity index (χ3v) is 2.68. The quantitative estimate of drug-likeness (QED) is 0.506. The largest absolute Gasteiger partial charge is 0.502 e. The van der Waals surface area contributed by atoms with E-state index in [4.69, 9.17) is 4.42 Å². The monoisotopic (exact) mass is 289 g/mol. The standard InChI is InChI=1S/C13H11N3O5/c1-8-10(4-5-21-8)13(18)15-14-7-9-2-3-12(17)11(6-9)16(19)20/h2-7,17H,1H3,(H,15,18)/b14-7-. The van der Waals surface area contributed by atoms with Crippen LogP contribution in [-0.4, -0.2) is 22.2 Å². The zero-order valence-electron chi connectivity index (χ0n) is 10.9. The first-order valence-corrected chi connectivity index (χ1v) is 5.84. The average Bonchev–Trinajstić information content (AvgIpc) is 2.86. The molecule has 1 aromatic heterocycles. The molecule has 8 nitrogen and oxygen atoms in total. The number of furan rings is 1. The Labute approximate surface area is 118 Å². The predicted molar refractivity (Wildman–Crippen MR) is 73.3 cm³/mol. The maximum absolute atomic E-state index is 11.7. The Bertz CT molecular complexity index is 720. The van der Waals surface area contributed by atoms with E-state index in [-0.39, 0.29) is 0 Å². The number of benzene rings is 1. The molecule has 1 amide bonds. The number of phenolic OH excluding ortho intramolecular Hbond substituents is 1. The molecule has 21 heavy (non-hydrogen) atoms. The van der Waals surface area contributed by atoms with Crippen molar-refractivity contribution in [1.82, 2.24) is 5.43 Å². The number of carbonyl (C=O) groups excluding carboxylic acids is 1. The molecule has 0 atom stereocenters. The molecule has 0 spiro atoms. The van der Waals surface area contributed by atoms with E-state index >= 15 is 0 Å². The van der Waals surface area contributed by atoms with Gasteiger partial charge in [0.1, 0.15) is 5.76 Å². The number of rotatable bonds is 4. The highest BCUT2D eigenvalue weighted by Crippen LogP contribution is 2.25. The lowest BCUT2D eigenvalue weighted by atomic mass is 10.2. The summed E-state index contributed by atoms with van der Waals surface area (Å²) in [6, 6.07) is 5.27. The number of phenols is 1. The number of hydrazone groups is 1. The van der Waals surface area contributed by atoms with Crippen molar-refractivity contribution >= 4 is 17.8 Å². The Morgan fingerprint density at radius 1 is 1.48 bits per heavy atom. The summed E-state index contributed by atoms with van der Waals surface area (Å²) < 4.78 is 4.99. The minimum absolute atomic E-state index is 0.351. The molecule has 1 heterocycles. The van der Waals surface area contributed by atoms with Gasteiger partial charge >= 0.3 is 5.69 Å². The Morgan fingerprint density at radius 3 is 2.86 bits per heavy atom. The van der Waals surface area contributed by atoms with Gasteiger partial charge in [-0.25, -0.2) is 5.43 Å². The van der Waals surface area contributed by atoms with Crippen LogP contribution in [0.25, 0.3) is 0 Å². The molecule has 0 bridgehead atoms. The van der Waals surface area contributed by atoms with E-state index < -0.39 is 22.3 Å². The third kappa shape index (κ3) is 3.24. The predicted octanol–water partition coefficient (Wildman–Crippen LogP) is 1.97. The fourth-order valence-corrected chi connectivity index (χ4v) is 1.61. The molecule has 0 radical (unpaired) electrons. The van der Waals surface area contributed by atoms with Gasteiger partial charge in [-0.2, -0.15) is 5.10 Å². The highest BCUT2D eigenvalue weighted by atomic mass is 16.6. The number of nitro benzene ring substituents is 1. The van der Waals surface area contributed by atoms with Gasteiger partial charge in [0.2, 0.25) is 0 Å². The molecule has 0 unspecified atom stereocenters. The number of hydrogen-bond donors (Lipinski definition) is 2. The van der Waals surface area contributed by atoms with Crippen LogP contribution in [0.2, 0.25) is 0 Å². The molecule has 0 fully saturated rings. The number of nitrogens with zero attached hydrogens (tertiary/aromatic N) is 2. The number of aryl methyl sites for hydroxylation is 1. The fraction of sp³-hybridized carbons (Fsp3) is 0.0769.